The summed E-state index contributed by atoms with van der Waals surface area (Å²) in [6, 6.07) is 0. The molecule has 70 valence electrons. The number of hydrogen-bond acceptors (Lipinski definition) is 1. The zero-order chi connectivity index (χ0) is 8.55. The molecule has 0 amide bonds. The maximum absolute atomic E-state index is 9.87. The van der Waals surface area contributed by atoms with Gasteiger partial charge in [-0.15, -0.1) is 0 Å². The summed E-state index contributed by atoms with van der Waals surface area (Å²) >= 11 is 0. The van der Waals surface area contributed by atoms with Gasteiger partial charge in [-0.3, -0.25) is 0 Å². The zero-order valence-electron chi connectivity index (χ0n) is 8.00. The molecule has 0 saturated heterocycles. The van der Waals surface area contributed by atoms with E-state index in [0.29, 0.717) is 5.92 Å². The molecule has 0 spiro atoms. The Hall–Kier alpha value is -0.0400. The molecule has 4 atom stereocenters. The topological polar surface area (TPSA) is 20.2 Å². The molecule has 2 bridgehead atoms. The number of fused-ring (bicyclic) bond motifs is 2. The zero-order valence-corrected chi connectivity index (χ0v) is 8.00. The molecule has 0 aromatic carbocycles. The Bertz CT molecular complexity index is 155. The summed E-state index contributed by atoms with van der Waals surface area (Å²) in [6.45, 7) is 2.16. The van der Waals surface area contributed by atoms with E-state index in [4.69, 9.17) is 0 Å². The standard InChI is InChI=1S/C11H20O/c1-2-3-11(12)10-7-8-4-5-9(10)6-8/h8-12H,2-7H2,1H3/t8?,9?,10?,11-/m1/s1. The van der Waals surface area contributed by atoms with E-state index in [2.05, 4.69) is 6.92 Å². The van der Waals surface area contributed by atoms with Crippen LogP contribution in [0.5, 0.6) is 0 Å². The highest BCUT2D eigenvalue weighted by atomic mass is 16.3. The molecule has 1 nitrogen and oxygen atoms in total. The quantitative estimate of drug-likeness (QED) is 0.686. The van der Waals surface area contributed by atoms with Gasteiger partial charge in [-0.05, 0) is 43.4 Å². The summed E-state index contributed by atoms with van der Waals surface area (Å²) in [5.41, 5.74) is 0. The van der Waals surface area contributed by atoms with Crippen molar-refractivity contribution in [2.75, 3.05) is 0 Å². The molecule has 3 unspecified atom stereocenters. The van der Waals surface area contributed by atoms with Crippen LogP contribution < -0.4 is 0 Å². The molecule has 0 heterocycles. The monoisotopic (exact) mass is 168 g/mol. The number of aliphatic hydroxyl groups is 1. The van der Waals surface area contributed by atoms with Crippen LogP contribution in [-0.4, -0.2) is 11.2 Å². The molecule has 12 heavy (non-hydrogen) atoms. The molecular formula is C11H20O. The summed E-state index contributed by atoms with van der Waals surface area (Å²) in [4.78, 5) is 0. The lowest BCUT2D eigenvalue weighted by atomic mass is 9.83. The maximum atomic E-state index is 9.87. The van der Waals surface area contributed by atoms with Gasteiger partial charge in [-0.1, -0.05) is 19.8 Å². The fourth-order valence-electron chi connectivity index (χ4n) is 3.28. The Balaban J connectivity index is 1.89. The third-order valence-electron chi connectivity index (χ3n) is 3.87. The number of aliphatic hydroxyl groups excluding tert-OH is 1. The minimum Gasteiger partial charge on any atom is -0.393 e. The molecule has 2 fully saturated rings. The van der Waals surface area contributed by atoms with Crippen LogP contribution in [-0.2, 0) is 0 Å². The first kappa shape index (κ1) is 8.55. The van der Waals surface area contributed by atoms with Crippen molar-refractivity contribution >= 4 is 0 Å². The molecule has 2 rings (SSSR count). The van der Waals surface area contributed by atoms with Crippen molar-refractivity contribution < 1.29 is 5.11 Å². The second kappa shape index (κ2) is 3.37. The van der Waals surface area contributed by atoms with Crippen LogP contribution in [0.15, 0.2) is 0 Å². The third kappa shape index (κ3) is 1.39. The summed E-state index contributed by atoms with van der Waals surface area (Å²) < 4.78 is 0. The van der Waals surface area contributed by atoms with Crippen molar-refractivity contribution in [3.05, 3.63) is 0 Å². The predicted octanol–water partition coefficient (Wildman–Crippen LogP) is 2.58. The van der Waals surface area contributed by atoms with Crippen molar-refractivity contribution in [3.8, 4) is 0 Å². The predicted molar refractivity (Wildman–Crippen MR) is 49.9 cm³/mol. The van der Waals surface area contributed by atoms with E-state index in [1.54, 1.807) is 0 Å². The van der Waals surface area contributed by atoms with Gasteiger partial charge in [-0.2, -0.15) is 0 Å². The van der Waals surface area contributed by atoms with E-state index in [0.717, 1.165) is 24.7 Å². The second-order valence-electron chi connectivity index (χ2n) is 4.69. The van der Waals surface area contributed by atoms with E-state index < -0.39 is 0 Å². The van der Waals surface area contributed by atoms with Gasteiger partial charge < -0.3 is 5.11 Å². The van der Waals surface area contributed by atoms with Crippen molar-refractivity contribution in [1.29, 1.82) is 0 Å². The van der Waals surface area contributed by atoms with Gasteiger partial charge in [0, 0.05) is 0 Å². The normalized spacial score (nSPS) is 42.0. The third-order valence-corrected chi connectivity index (χ3v) is 3.87. The van der Waals surface area contributed by atoms with Gasteiger partial charge in [-0.25, -0.2) is 0 Å². The van der Waals surface area contributed by atoms with Gasteiger partial charge in [0.25, 0.3) is 0 Å². The molecule has 0 radical (unpaired) electrons. The van der Waals surface area contributed by atoms with Gasteiger partial charge in [0.15, 0.2) is 0 Å². The molecular weight excluding hydrogens is 148 g/mol. The lowest BCUT2D eigenvalue weighted by Crippen LogP contribution is -2.25. The van der Waals surface area contributed by atoms with Crippen molar-refractivity contribution in [2.45, 2.75) is 51.6 Å². The molecule has 0 aromatic rings. The first-order valence-corrected chi connectivity index (χ1v) is 5.49. The van der Waals surface area contributed by atoms with E-state index in [9.17, 15) is 5.11 Å². The summed E-state index contributed by atoms with van der Waals surface area (Å²) in [6.07, 6.45) is 7.77. The second-order valence-corrected chi connectivity index (χ2v) is 4.69. The van der Waals surface area contributed by atoms with Gasteiger partial charge in [0.1, 0.15) is 0 Å². The van der Waals surface area contributed by atoms with Crippen LogP contribution in [0.4, 0.5) is 0 Å². The first-order valence-electron chi connectivity index (χ1n) is 5.49. The Morgan fingerprint density at radius 2 is 2.17 bits per heavy atom. The van der Waals surface area contributed by atoms with E-state index in [-0.39, 0.29) is 6.10 Å². The molecule has 2 aliphatic carbocycles. The van der Waals surface area contributed by atoms with Crippen LogP contribution in [0.3, 0.4) is 0 Å². The maximum Gasteiger partial charge on any atom is 0.0571 e. The highest BCUT2D eigenvalue weighted by molar-refractivity contribution is 4.92. The fraction of sp³-hybridized carbons (Fsp3) is 1.00. The summed E-state index contributed by atoms with van der Waals surface area (Å²) in [5, 5.41) is 9.87. The van der Waals surface area contributed by atoms with Crippen molar-refractivity contribution in [2.24, 2.45) is 17.8 Å². The number of rotatable bonds is 3. The average Bonchev–Trinajstić information content (AvgIpc) is 2.64. The Kier molecular flexibility index (Phi) is 2.40. The fourth-order valence-corrected chi connectivity index (χ4v) is 3.28. The average molecular weight is 168 g/mol. The van der Waals surface area contributed by atoms with E-state index >= 15 is 0 Å². The minimum absolute atomic E-state index is 0.0188. The number of hydrogen-bond donors (Lipinski definition) is 1. The van der Waals surface area contributed by atoms with Crippen LogP contribution in [0.2, 0.25) is 0 Å². The summed E-state index contributed by atoms with van der Waals surface area (Å²) in [7, 11) is 0. The van der Waals surface area contributed by atoms with E-state index in [1.807, 2.05) is 0 Å². The Morgan fingerprint density at radius 1 is 1.33 bits per heavy atom. The van der Waals surface area contributed by atoms with Gasteiger partial charge in [0.2, 0.25) is 0 Å². The van der Waals surface area contributed by atoms with Crippen molar-refractivity contribution in [3.63, 3.8) is 0 Å². The molecule has 2 saturated carbocycles. The molecule has 1 N–H and O–H groups in total. The lowest BCUT2D eigenvalue weighted by Gasteiger charge is -2.26. The van der Waals surface area contributed by atoms with Crippen LogP contribution in [0.1, 0.15) is 45.4 Å². The SMILES string of the molecule is CCC[C@@H](O)C1CC2CCC1C2. The Morgan fingerprint density at radius 3 is 2.67 bits per heavy atom. The minimum atomic E-state index is 0.0188. The van der Waals surface area contributed by atoms with Gasteiger partial charge >= 0.3 is 0 Å². The molecule has 0 aliphatic heterocycles. The highest BCUT2D eigenvalue weighted by Crippen LogP contribution is 2.49. The molecule has 1 heteroatoms. The first-order chi connectivity index (χ1) is 5.81. The molecule has 2 aliphatic rings. The smallest absolute Gasteiger partial charge is 0.0571 e. The Labute approximate surface area is 75.2 Å². The van der Waals surface area contributed by atoms with E-state index in [1.165, 1.54) is 25.7 Å². The van der Waals surface area contributed by atoms with Gasteiger partial charge in [0.05, 0.1) is 6.10 Å². The van der Waals surface area contributed by atoms with Crippen LogP contribution in [0, 0.1) is 17.8 Å². The summed E-state index contributed by atoms with van der Waals surface area (Å²) in [5.74, 6) is 2.53. The lowest BCUT2D eigenvalue weighted by molar-refractivity contribution is 0.0669. The molecule has 0 aromatic heterocycles. The van der Waals surface area contributed by atoms with Crippen LogP contribution in [0.25, 0.3) is 0 Å². The highest BCUT2D eigenvalue weighted by Gasteiger charge is 2.42. The van der Waals surface area contributed by atoms with Crippen molar-refractivity contribution in [1.82, 2.24) is 0 Å². The van der Waals surface area contributed by atoms with Crippen LogP contribution >= 0.6 is 0 Å². The largest absolute Gasteiger partial charge is 0.393 e.